The fourth-order valence-electron chi connectivity index (χ4n) is 1.59. The molecular weight excluding hydrogens is 238 g/mol. The highest BCUT2D eigenvalue weighted by atomic mass is 35.5. The van der Waals surface area contributed by atoms with Gasteiger partial charge in [0.15, 0.2) is 5.82 Å². The maximum absolute atomic E-state index is 5.87. The van der Waals surface area contributed by atoms with Crippen LogP contribution in [0.4, 0.5) is 5.82 Å². The van der Waals surface area contributed by atoms with Crippen LogP contribution >= 0.6 is 11.6 Å². The van der Waals surface area contributed by atoms with Gasteiger partial charge in [-0.05, 0) is 6.92 Å². The van der Waals surface area contributed by atoms with E-state index in [9.17, 15) is 0 Å². The molecule has 2 heterocycles. The number of nitrogens with one attached hydrogen (secondary N) is 1. The standard InChI is InChI=1S/C11H14ClN5/c1-4-9-15-10(13-3)7(2)11(16-9)17-6-8(12)5-14-17/h5-6H,4H2,1-3H3,(H,13,15,16). The molecule has 0 bridgehead atoms. The van der Waals surface area contributed by atoms with Crippen molar-refractivity contribution in [3.05, 3.63) is 28.8 Å². The van der Waals surface area contributed by atoms with Gasteiger partial charge in [0.25, 0.3) is 0 Å². The molecule has 0 saturated carbocycles. The molecule has 0 unspecified atom stereocenters. The van der Waals surface area contributed by atoms with E-state index in [4.69, 9.17) is 11.6 Å². The third-order valence-corrected chi connectivity index (χ3v) is 2.68. The van der Waals surface area contributed by atoms with Crippen molar-refractivity contribution in [3.8, 4) is 5.82 Å². The van der Waals surface area contributed by atoms with E-state index in [0.717, 1.165) is 29.4 Å². The first-order chi connectivity index (χ1) is 8.15. The first-order valence-corrected chi connectivity index (χ1v) is 5.79. The van der Waals surface area contributed by atoms with Crippen molar-refractivity contribution in [2.45, 2.75) is 20.3 Å². The van der Waals surface area contributed by atoms with E-state index < -0.39 is 0 Å². The van der Waals surface area contributed by atoms with Gasteiger partial charge in [0.1, 0.15) is 11.6 Å². The highest BCUT2D eigenvalue weighted by molar-refractivity contribution is 6.30. The molecule has 5 nitrogen and oxygen atoms in total. The van der Waals surface area contributed by atoms with E-state index in [0.29, 0.717) is 5.02 Å². The Balaban J connectivity index is 2.59. The molecule has 90 valence electrons. The normalized spacial score (nSPS) is 10.6. The Labute approximate surface area is 105 Å². The molecule has 2 rings (SSSR count). The number of aromatic nitrogens is 4. The Morgan fingerprint density at radius 2 is 2.18 bits per heavy atom. The minimum Gasteiger partial charge on any atom is -0.373 e. The molecule has 0 aromatic carbocycles. The lowest BCUT2D eigenvalue weighted by atomic mass is 10.3. The molecule has 17 heavy (non-hydrogen) atoms. The molecule has 6 heteroatoms. The van der Waals surface area contributed by atoms with Crippen LogP contribution in [0.15, 0.2) is 12.4 Å². The lowest BCUT2D eigenvalue weighted by Crippen LogP contribution is -2.09. The van der Waals surface area contributed by atoms with E-state index in [1.807, 2.05) is 20.9 Å². The van der Waals surface area contributed by atoms with Gasteiger partial charge in [-0.15, -0.1) is 0 Å². The third kappa shape index (κ3) is 2.24. The van der Waals surface area contributed by atoms with Crippen molar-refractivity contribution < 1.29 is 0 Å². The average molecular weight is 252 g/mol. The van der Waals surface area contributed by atoms with Crippen LogP contribution in [0.1, 0.15) is 18.3 Å². The second-order valence-corrected chi connectivity index (χ2v) is 4.08. The van der Waals surface area contributed by atoms with Gasteiger partial charge < -0.3 is 5.32 Å². The minimum atomic E-state index is 0.590. The summed E-state index contributed by atoms with van der Waals surface area (Å²) in [6.45, 7) is 3.97. The van der Waals surface area contributed by atoms with Crippen LogP contribution in [0, 0.1) is 6.92 Å². The molecule has 0 saturated heterocycles. The van der Waals surface area contributed by atoms with Crippen LogP contribution in [0.25, 0.3) is 5.82 Å². The summed E-state index contributed by atoms with van der Waals surface area (Å²) in [7, 11) is 1.84. The van der Waals surface area contributed by atoms with Gasteiger partial charge in [-0.2, -0.15) is 5.10 Å². The number of nitrogens with zero attached hydrogens (tertiary/aromatic N) is 4. The largest absolute Gasteiger partial charge is 0.373 e. The zero-order valence-corrected chi connectivity index (χ0v) is 10.8. The second kappa shape index (κ2) is 4.71. The maximum Gasteiger partial charge on any atom is 0.162 e. The fourth-order valence-corrected chi connectivity index (χ4v) is 1.73. The van der Waals surface area contributed by atoms with Crippen molar-refractivity contribution in [3.63, 3.8) is 0 Å². The summed E-state index contributed by atoms with van der Waals surface area (Å²) in [4.78, 5) is 8.88. The van der Waals surface area contributed by atoms with Crippen molar-refractivity contribution in [1.82, 2.24) is 19.7 Å². The summed E-state index contributed by atoms with van der Waals surface area (Å²) in [5.41, 5.74) is 0.949. The third-order valence-electron chi connectivity index (χ3n) is 2.49. The molecule has 0 fully saturated rings. The number of anilines is 1. The predicted octanol–water partition coefficient (Wildman–Crippen LogP) is 2.23. The van der Waals surface area contributed by atoms with Crippen molar-refractivity contribution in [2.75, 3.05) is 12.4 Å². The van der Waals surface area contributed by atoms with Gasteiger partial charge in [0.05, 0.1) is 17.4 Å². The molecule has 2 aromatic heterocycles. The van der Waals surface area contributed by atoms with Gasteiger partial charge in [0, 0.05) is 19.0 Å². The average Bonchev–Trinajstić information content (AvgIpc) is 2.76. The van der Waals surface area contributed by atoms with Crippen LogP contribution in [-0.2, 0) is 6.42 Å². The summed E-state index contributed by atoms with van der Waals surface area (Å²) in [6.07, 6.45) is 4.10. The first-order valence-electron chi connectivity index (χ1n) is 5.41. The van der Waals surface area contributed by atoms with E-state index >= 15 is 0 Å². The lowest BCUT2D eigenvalue weighted by Gasteiger charge is -2.11. The van der Waals surface area contributed by atoms with E-state index in [-0.39, 0.29) is 0 Å². The summed E-state index contributed by atoms with van der Waals surface area (Å²) < 4.78 is 1.67. The summed E-state index contributed by atoms with van der Waals surface area (Å²) in [6, 6.07) is 0. The zero-order chi connectivity index (χ0) is 12.4. The van der Waals surface area contributed by atoms with E-state index in [1.165, 1.54) is 0 Å². The quantitative estimate of drug-likeness (QED) is 0.909. The fraction of sp³-hybridized carbons (Fsp3) is 0.364. The summed E-state index contributed by atoms with van der Waals surface area (Å²) in [5, 5.41) is 7.82. The number of hydrogen-bond acceptors (Lipinski definition) is 4. The molecule has 0 aliphatic rings. The Morgan fingerprint density at radius 3 is 2.71 bits per heavy atom. The van der Waals surface area contributed by atoms with Crippen LogP contribution in [0.2, 0.25) is 5.02 Å². The Morgan fingerprint density at radius 1 is 1.41 bits per heavy atom. The second-order valence-electron chi connectivity index (χ2n) is 3.64. The predicted molar refractivity (Wildman–Crippen MR) is 67.8 cm³/mol. The molecule has 0 amide bonds. The molecule has 0 radical (unpaired) electrons. The summed E-state index contributed by atoms with van der Waals surface area (Å²) >= 11 is 5.87. The van der Waals surface area contributed by atoms with Crippen LogP contribution in [0.3, 0.4) is 0 Å². The van der Waals surface area contributed by atoms with Gasteiger partial charge >= 0.3 is 0 Å². The lowest BCUT2D eigenvalue weighted by molar-refractivity contribution is 0.804. The van der Waals surface area contributed by atoms with Gasteiger partial charge in [-0.3, -0.25) is 0 Å². The molecule has 1 N–H and O–H groups in total. The summed E-state index contributed by atoms with van der Waals surface area (Å²) in [5.74, 6) is 2.35. The smallest absolute Gasteiger partial charge is 0.162 e. The van der Waals surface area contributed by atoms with E-state index in [2.05, 4.69) is 20.4 Å². The van der Waals surface area contributed by atoms with Gasteiger partial charge in [-0.25, -0.2) is 14.6 Å². The zero-order valence-electron chi connectivity index (χ0n) is 10.0. The number of rotatable bonds is 3. The molecule has 2 aromatic rings. The van der Waals surface area contributed by atoms with E-state index in [1.54, 1.807) is 17.1 Å². The minimum absolute atomic E-state index is 0.590. The molecule has 0 atom stereocenters. The number of hydrogen-bond donors (Lipinski definition) is 1. The molecule has 0 spiro atoms. The van der Waals surface area contributed by atoms with Gasteiger partial charge in [-0.1, -0.05) is 18.5 Å². The van der Waals surface area contributed by atoms with Crippen molar-refractivity contribution in [1.29, 1.82) is 0 Å². The Bertz CT molecular complexity index is 535. The highest BCUT2D eigenvalue weighted by Gasteiger charge is 2.11. The highest BCUT2D eigenvalue weighted by Crippen LogP contribution is 2.19. The molecule has 0 aliphatic heterocycles. The SMILES string of the molecule is CCc1nc(NC)c(C)c(-n2cc(Cl)cn2)n1. The van der Waals surface area contributed by atoms with Crippen LogP contribution in [0.5, 0.6) is 0 Å². The van der Waals surface area contributed by atoms with Crippen molar-refractivity contribution >= 4 is 17.4 Å². The Kier molecular flexibility index (Phi) is 3.28. The molecule has 0 aliphatic carbocycles. The van der Waals surface area contributed by atoms with Gasteiger partial charge in [0.2, 0.25) is 0 Å². The Hall–Kier alpha value is -1.62. The van der Waals surface area contributed by atoms with Crippen molar-refractivity contribution in [2.24, 2.45) is 0 Å². The topological polar surface area (TPSA) is 55.6 Å². The monoisotopic (exact) mass is 251 g/mol. The first kappa shape index (κ1) is 11.9. The van der Waals surface area contributed by atoms with Crippen LogP contribution < -0.4 is 5.32 Å². The number of halogens is 1. The maximum atomic E-state index is 5.87. The number of aryl methyl sites for hydroxylation is 1. The molecular formula is C11H14ClN5. The van der Waals surface area contributed by atoms with Crippen LogP contribution in [-0.4, -0.2) is 26.8 Å².